The summed E-state index contributed by atoms with van der Waals surface area (Å²) in [6.07, 6.45) is -9.49. The standard InChI is InChI=1S/C20H22F2N10O9P2S2/c1-45-43(35)40-11-7(21)6(37-18(11)32-5-28-10-15(32)29-20(24)30-16(10)33)2-36-42(34,44)39-12-8(22)17(38-19(12)41-43)31-4-27-9-13(23)25-3-26-14(9)31/h3-8,11-12,17-19H,2H2,1H3,(H,34,44)(H2,23,25,26)(H3,24,29,30,33)/t6-,7-,8-,11-,12+,17-,18-,19-,42+,43+/m1/s1. The third-order valence-corrected chi connectivity index (χ3v) is 12.0. The minimum Gasteiger partial charge on any atom is -0.382 e. The second-order valence-electron chi connectivity index (χ2n) is 9.85. The lowest BCUT2D eigenvalue weighted by Gasteiger charge is -2.29. The molecule has 0 spiro atoms. The number of nitrogen functional groups attached to an aromatic ring is 2. The van der Waals surface area contributed by atoms with Gasteiger partial charge >= 0.3 is 13.6 Å². The van der Waals surface area contributed by atoms with Crippen LogP contribution in [0.1, 0.15) is 12.5 Å². The number of anilines is 2. The molecule has 0 aromatic carbocycles. The number of aromatic nitrogens is 8. The van der Waals surface area contributed by atoms with E-state index in [-0.39, 0.29) is 34.1 Å². The number of H-pyrrole nitrogens is 1. The Kier molecular flexibility index (Phi) is 7.70. The summed E-state index contributed by atoms with van der Waals surface area (Å²) >= 11 is 4.48. The highest BCUT2D eigenvalue weighted by molar-refractivity contribution is 8.54. The number of rotatable bonds is 3. The van der Waals surface area contributed by atoms with Gasteiger partial charge in [0.2, 0.25) is 5.95 Å². The van der Waals surface area contributed by atoms with Gasteiger partial charge in [0.05, 0.1) is 19.3 Å². The molecule has 0 amide bonds. The summed E-state index contributed by atoms with van der Waals surface area (Å²) in [5, 5.41) is 0. The van der Waals surface area contributed by atoms with E-state index < -0.39 is 75.2 Å². The first-order chi connectivity index (χ1) is 21.4. The molecule has 7 heterocycles. The molecule has 0 aliphatic carbocycles. The maximum absolute atomic E-state index is 16.1. The number of halogens is 2. The van der Waals surface area contributed by atoms with Crippen molar-refractivity contribution in [3.63, 3.8) is 0 Å². The fraction of sp³-hybridized carbons (Fsp3) is 0.500. The van der Waals surface area contributed by atoms with Gasteiger partial charge in [0.15, 0.2) is 59.8 Å². The summed E-state index contributed by atoms with van der Waals surface area (Å²) < 4.78 is 95.5. The van der Waals surface area contributed by atoms with E-state index in [2.05, 4.69) is 42.2 Å². The average molecular weight is 711 g/mol. The van der Waals surface area contributed by atoms with Crippen LogP contribution in [-0.2, 0) is 36.7 Å². The number of nitrogens with two attached hydrogens (primary N) is 2. The Labute approximate surface area is 258 Å². The molecular formula is C20H22F2N10O9P2S2. The largest absolute Gasteiger partial charge is 0.391 e. The molecule has 10 atom stereocenters. The smallest absolute Gasteiger partial charge is 0.382 e. The minimum atomic E-state index is -4.50. The monoisotopic (exact) mass is 710 g/mol. The van der Waals surface area contributed by atoms with Crippen LogP contribution < -0.4 is 17.0 Å². The summed E-state index contributed by atoms with van der Waals surface area (Å²) in [7, 11) is 0. The van der Waals surface area contributed by atoms with Gasteiger partial charge < -0.3 is 20.9 Å². The topological polar surface area (TPSA) is 249 Å². The van der Waals surface area contributed by atoms with Crippen molar-refractivity contribution in [2.24, 2.45) is 0 Å². The summed E-state index contributed by atoms with van der Waals surface area (Å²) in [4.78, 5) is 34.7. The molecule has 3 saturated heterocycles. The molecule has 0 saturated carbocycles. The van der Waals surface area contributed by atoms with Gasteiger partial charge in [0.1, 0.15) is 24.1 Å². The molecule has 3 aliphatic heterocycles. The fourth-order valence-electron chi connectivity index (χ4n) is 5.10. The number of ether oxygens (including phenoxy) is 2. The van der Waals surface area contributed by atoms with Gasteiger partial charge in [-0.15, -0.1) is 0 Å². The molecule has 4 aromatic heterocycles. The lowest BCUT2D eigenvalue weighted by atomic mass is 10.1. The number of imidazole rings is 2. The molecule has 0 unspecified atom stereocenters. The number of hydrogen-bond acceptors (Lipinski definition) is 17. The van der Waals surface area contributed by atoms with Crippen LogP contribution in [0, 0.1) is 0 Å². The Bertz CT molecular complexity index is 1950. The molecule has 19 nitrogen and oxygen atoms in total. The van der Waals surface area contributed by atoms with E-state index in [1.807, 2.05) is 0 Å². The average Bonchev–Trinajstić information content (AvgIpc) is 3.74. The van der Waals surface area contributed by atoms with Gasteiger partial charge in [-0.3, -0.25) is 37.0 Å². The molecule has 0 radical (unpaired) electrons. The Morgan fingerprint density at radius 1 is 0.978 bits per heavy atom. The van der Waals surface area contributed by atoms with Crippen LogP contribution in [0.2, 0.25) is 0 Å². The first-order valence-corrected chi connectivity index (χ1v) is 18.9. The molecule has 45 heavy (non-hydrogen) atoms. The van der Waals surface area contributed by atoms with E-state index in [9.17, 15) is 13.9 Å². The Morgan fingerprint density at radius 3 is 2.47 bits per heavy atom. The summed E-state index contributed by atoms with van der Waals surface area (Å²) in [5.74, 6) is -0.251. The van der Waals surface area contributed by atoms with Gasteiger partial charge in [0, 0.05) is 0 Å². The zero-order chi connectivity index (χ0) is 31.8. The number of nitrogens with zero attached hydrogens (tertiary/aromatic N) is 7. The third kappa shape index (κ3) is 5.33. The van der Waals surface area contributed by atoms with Crippen LogP contribution in [0.4, 0.5) is 20.5 Å². The lowest BCUT2D eigenvalue weighted by Crippen LogP contribution is -2.35. The third-order valence-electron chi connectivity index (χ3n) is 7.14. The summed E-state index contributed by atoms with van der Waals surface area (Å²) in [6.45, 7) is -9.72. The van der Waals surface area contributed by atoms with Crippen molar-refractivity contribution in [1.82, 2.24) is 39.0 Å². The zero-order valence-electron chi connectivity index (χ0n) is 22.5. The predicted molar refractivity (Wildman–Crippen MR) is 154 cm³/mol. The highest BCUT2D eigenvalue weighted by Crippen LogP contribution is 2.66. The van der Waals surface area contributed by atoms with E-state index in [0.29, 0.717) is 11.4 Å². The van der Waals surface area contributed by atoms with E-state index in [1.165, 1.54) is 17.2 Å². The van der Waals surface area contributed by atoms with Crippen molar-refractivity contribution in [2.45, 2.75) is 49.4 Å². The molecular weight excluding hydrogens is 688 g/mol. The number of nitrogens with one attached hydrogen (secondary N) is 1. The molecule has 3 aliphatic rings. The molecule has 2 bridgehead atoms. The molecule has 242 valence electrons. The number of thiol groups is 1. The number of alkyl halides is 2. The van der Waals surface area contributed by atoms with Gasteiger partial charge in [-0.1, -0.05) is 12.2 Å². The minimum absolute atomic E-state index is 0.0143. The molecule has 4 aromatic rings. The van der Waals surface area contributed by atoms with E-state index >= 15 is 8.78 Å². The van der Waals surface area contributed by atoms with Crippen molar-refractivity contribution in [3.8, 4) is 0 Å². The Balaban J connectivity index is 1.27. The van der Waals surface area contributed by atoms with Crippen LogP contribution >= 0.6 is 37.2 Å². The Morgan fingerprint density at radius 2 is 1.71 bits per heavy atom. The highest BCUT2D eigenvalue weighted by Gasteiger charge is 2.57. The van der Waals surface area contributed by atoms with Crippen molar-refractivity contribution in [3.05, 3.63) is 29.3 Å². The second-order valence-corrected chi connectivity index (χ2v) is 16.8. The number of aromatic amines is 1. The van der Waals surface area contributed by atoms with Crippen LogP contribution in [0.3, 0.4) is 0 Å². The molecule has 7 rings (SSSR count). The van der Waals surface area contributed by atoms with Gasteiger partial charge in [-0.25, -0.2) is 37.8 Å². The maximum atomic E-state index is 16.1. The Hall–Kier alpha value is -2.72. The SMILES string of the molecule is CS[P@]1(=O)O[C@H]2O[C@@H](n3cnc4c(N)ncnc43)[C@H](F)[C@@H]2O[P@@](=O)(S)OC[C@H]2O[C@@H](n3cnc4c(=O)[nH]c(N)nc43)[C@H](O1)[C@@H]2F. The summed E-state index contributed by atoms with van der Waals surface area (Å²) in [5.41, 5.74) is 10.8. The number of hydrogen-bond donors (Lipinski definition) is 4. The van der Waals surface area contributed by atoms with E-state index in [1.54, 1.807) is 0 Å². The zero-order valence-corrected chi connectivity index (χ0v) is 26.0. The lowest BCUT2D eigenvalue weighted by molar-refractivity contribution is -0.127. The normalized spacial score (nSPS) is 37.4. The molecule has 5 N–H and O–H groups in total. The highest BCUT2D eigenvalue weighted by atomic mass is 32.7. The van der Waals surface area contributed by atoms with Gasteiger partial charge in [0.25, 0.3) is 5.56 Å². The second kappa shape index (κ2) is 11.2. The first-order valence-electron chi connectivity index (χ1n) is 12.8. The van der Waals surface area contributed by atoms with Gasteiger partial charge in [-0.2, -0.15) is 4.98 Å². The van der Waals surface area contributed by atoms with Crippen molar-refractivity contribution in [2.75, 3.05) is 24.3 Å². The van der Waals surface area contributed by atoms with Crippen molar-refractivity contribution < 1.29 is 45.5 Å². The van der Waals surface area contributed by atoms with E-state index in [0.717, 1.165) is 17.2 Å². The van der Waals surface area contributed by atoms with Gasteiger partial charge in [-0.05, 0) is 17.6 Å². The molecule has 3 fully saturated rings. The quantitative estimate of drug-likeness (QED) is 0.175. The fourth-order valence-corrected chi connectivity index (χ4v) is 8.78. The summed E-state index contributed by atoms with van der Waals surface area (Å²) in [6, 6.07) is 0. The van der Waals surface area contributed by atoms with Crippen LogP contribution in [0.5, 0.6) is 0 Å². The van der Waals surface area contributed by atoms with Crippen LogP contribution in [0.25, 0.3) is 22.3 Å². The molecule has 25 heteroatoms. The van der Waals surface area contributed by atoms with Crippen molar-refractivity contribution >= 4 is 71.3 Å². The van der Waals surface area contributed by atoms with E-state index in [4.69, 9.17) is 39.0 Å². The van der Waals surface area contributed by atoms with Crippen LogP contribution in [0.15, 0.2) is 23.8 Å². The predicted octanol–water partition coefficient (Wildman–Crippen LogP) is 1.88. The first kappa shape index (κ1) is 30.9. The maximum Gasteiger partial charge on any atom is 0.391 e. The van der Waals surface area contributed by atoms with Crippen LogP contribution in [-0.4, -0.2) is 88.8 Å². The van der Waals surface area contributed by atoms with Crippen molar-refractivity contribution in [1.29, 1.82) is 0 Å². The number of fused-ring (bicyclic) bond motifs is 5.